The second-order valence-corrected chi connectivity index (χ2v) is 5.09. The first kappa shape index (κ1) is 16.8. The van der Waals surface area contributed by atoms with E-state index in [-0.39, 0.29) is 11.8 Å². The first-order valence-corrected chi connectivity index (χ1v) is 7.48. The van der Waals surface area contributed by atoms with E-state index in [4.69, 9.17) is 16.3 Å². The molecule has 118 valence electrons. The van der Waals surface area contributed by atoms with Crippen LogP contribution in [0.2, 0.25) is 5.02 Å². The number of carbonyl (C=O) groups is 2. The van der Waals surface area contributed by atoms with E-state index in [2.05, 4.69) is 5.32 Å². The standard InChI is InChI=1S/C18H16ClNO3/c1-2-23-18(22)14-4-3-5-16(12-14)20-11-10-17(21)13-6-8-15(19)9-7-13/h3-12,20H,2H2,1H3. The molecule has 0 aliphatic rings. The molecule has 0 heterocycles. The highest BCUT2D eigenvalue weighted by molar-refractivity contribution is 6.30. The van der Waals surface area contributed by atoms with Gasteiger partial charge in [0.25, 0.3) is 0 Å². The SMILES string of the molecule is CCOC(=O)c1cccc(NC=CC(=O)c2ccc(Cl)cc2)c1. The summed E-state index contributed by atoms with van der Waals surface area (Å²) in [6.45, 7) is 2.08. The number of benzene rings is 2. The molecule has 0 bridgehead atoms. The summed E-state index contributed by atoms with van der Waals surface area (Å²) in [6.07, 6.45) is 2.95. The third-order valence-electron chi connectivity index (χ3n) is 2.99. The molecule has 5 heteroatoms. The van der Waals surface area contributed by atoms with Gasteiger partial charge in [0.05, 0.1) is 12.2 Å². The van der Waals surface area contributed by atoms with Gasteiger partial charge >= 0.3 is 5.97 Å². The zero-order valence-corrected chi connectivity index (χ0v) is 13.3. The number of ketones is 1. The van der Waals surface area contributed by atoms with Crippen LogP contribution >= 0.6 is 11.6 Å². The minimum atomic E-state index is -0.377. The topological polar surface area (TPSA) is 55.4 Å². The number of hydrogen-bond donors (Lipinski definition) is 1. The number of hydrogen-bond acceptors (Lipinski definition) is 4. The molecule has 0 radical (unpaired) electrons. The number of halogens is 1. The molecule has 4 nitrogen and oxygen atoms in total. The summed E-state index contributed by atoms with van der Waals surface area (Å²) in [5.41, 5.74) is 1.69. The molecule has 2 rings (SSSR count). The second-order valence-electron chi connectivity index (χ2n) is 4.65. The van der Waals surface area contributed by atoms with E-state index >= 15 is 0 Å². The van der Waals surface area contributed by atoms with E-state index in [1.54, 1.807) is 55.5 Å². The van der Waals surface area contributed by atoms with Crippen LogP contribution in [-0.4, -0.2) is 18.4 Å². The number of carbonyl (C=O) groups excluding carboxylic acids is 2. The molecule has 0 spiro atoms. The van der Waals surface area contributed by atoms with Crippen molar-refractivity contribution in [3.63, 3.8) is 0 Å². The zero-order valence-electron chi connectivity index (χ0n) is 12.6. The zero-order chi connectivity index (χ0) is 16.7. The highest BCUT2D eigenvalue weighted by atomic mass is 35.5. The van der Waals surface area contributed by atoms with Gasteiger partial charge in [0.1, 0.15) is 0 Å². The van der Waals surface area contributed by atoms with Crippen molar-refractivity contribution < 1.29 is 14.3 Å². The summed E-state index contributed by atoms with van der Waals surface area (Å²) in [5, 5.41) is 3.54. The molecule has 0 unspecified atom stereocenters. The Morgan fingerprint density at radius 3 is 2.57 bits per heavy atom. The van der Waals surface area contributed by atoms with Crippen molar-refractivity contribution in [1.82, 2.24) is 0 Å². The fourth-order valence-corrected chi connectivity index (χ4v) is 2.00. The molecule has 0 aliphatic heterocycles. The molecule has 0 fully saturated rings. The Morgan fingerprint density at radius 2 is 1.87 bits per heavy atom. The van der Waals surface area contributed by atoms with Gasteiger partial charge in [-0.15, -0.1) is 0 Å². The lowest BCUT2D eigenvalue weighted by atomic mass is 10.1. The Labute approximate surface area is 139 Å². The maximum atomic E-state index is 12.0. The normalized spacial score (nSPS) is 10.5. The Balaban J connectivity index is 2.00. The van der Waals surface area contributed by atoms with Crippen molar-refractivity contribution in [3.05, 3.63) is 77.0 Å². The number of allylic oxidation sites excluding steroid dienone is 1. The van der Waals surface area contributed by atoms with Crippen LogP contribution in [0.5, 0.6) is 0 Å². The van der Waals surface area contributed by atoms with Gasteiger partial charge in [-0.2, -0.15) is 0 Å². The van der Waals surface area contributed by atoms with Crippen molar-refractivity contribution in [1.29, 1.82) is 0 Å². The summed E-state index contributed by atoms with van der Waals surface area (Å²) in [5.74, 6) is -0.520. The molecule has 0 amide bonds. The van der Waals surface area contributed by atoms with Gasteiger partial charge in [0, 0.05) is 28.5 Å². The van der Waals surface area contributed by atoms with E-state index in [1.165, 1.54) is 12.3 Å². The van der Waals surface area contributed by atoms with Crippen LogP contribution in [0.1, 0.15) is 27.6 Å². The maximum Gasteiger partial charge on any atom is 0.338 e. The Kier molecular flexibility index (Phi) is 5.94. The van der Waals surface area contributed by atoms with Crippen molar-refractivity contribution in [2.75, 3.05) is 11.9 Å². The van der Waals surface area contributed by atoms with Crippen molar-refractivity contribution in [2.45, 2.75) is 6.92 Å². The van der Waals surface area contributed by atoms with E-state index in [0.29, 0.717) is 28.4 Å². The average molecular weight is 330 g/mol. The van der Waals surface area contributed by atoms with Crippen LogP contribution < -0.4 is 5.32 Å². The van der Waals surface area contributed by atoms with Gasteiger partial charge < -0.3 is 10.1 Å². The highest BCUT2D eigenvalue weighted by Crippen LogP contribution is 2.13. The monoisotopic (exact) mass is 329 g/mol. The summed E-state index contributed by atoms with van der Waals surface area (Å²) in [6, 6.07) is 13.5. The lowest BCUT2D eigenvalue weighted by molar-refractivity contribution is 0.0526. The first-order chi connectivity index (χ1) is 11.1. The predicted molar refractivity (Wildman–Crippen MR) is 90.9 cm³/mol. The fourth-order valence-electron chi connectivity index (χ4n) is 1.87. The van der Waals surface area contributed by atoms with Gasteiger partial charge in [-0.05, 0) is 49.4 Å². The maximum absolute atomic E-state index is 12.0. The van der Waals surface area contributed by atoms with Gasteiger partial charge in [0.15, 0.2) is 5.78 Å². The summed E-state index contributed by atoms with van der Waals surface area (Å²) >= 11 is 5.78. The van der Waals surface area contributed by atoms with Gasteiger partial charge in [0.2, 0.25) is 0 Å². The van der Waals surface area contributed by atoms with E-state index in [1.807, 2.05) is 0 Å². The molecule has 0 saturated carbocycles. The molecule has 0 aromatic heterocycles. The van der Waals surface area contributed by atoms with E-state index < -0.39 is 0 Å². The van der Waals surface area contributed by atoms with Crippen LogP contribution in [-0.2, 0) is 4.74 Å². The number of rotatable bonds is 6. The smallest absolute Gasteiger partial charge is 0.338 e. The van der Waals surface area contributed by atoms with Gasteiger partial charge in [-0.3, -0.25) is 4.79 Å². The third kappa shape index (κ3) is 4.97. The summed E-state index contributed by atoms with van der Waals surface area (Å²) < 4.78 is 4.94. The first-order valence-electron chi connectivity index (χ1n) is 7.10. The number of anilines is 1. The van der Waals surface area contributed by atoms with E-state index in [0.717, 1.165) is 0 Å². The fraction of sp³-hybridized carbons (Fsp3) is 0.111. The highest BCUT2D eigenvalue weighted by Gasteiger charge is 2.06. The number of esters is 1. The van der Waals surface area contributed by atoms with Crippen LogP contribution in [0.15, 0.2) is 60.8 Å². The lowest BCUT2D eigenvalue weighted by Gasteiger charge is -2.04. The molecule has 0 atom stereocenters. The predicted octanol–water partition coefficient (Wildman–Crippen LogP) is 4.33. The molecule has 0 aliphatic carbocycles. The minimum Gasteiger partial charge on any atom is -0.462 e. The molecular formula is C18H16ClNO3. The summed E-state index contributed by atoms with van der Waals surface area (Å²) in [4.78, 5) is 23.6. The summed E-state index contributed by atoms with van der Waals surface area (Å²) in [7, 11) is 0. The average Bonchev–Trinajstić information content (AvgIpc) is 2.56. The number of ether oxygens (including phenoxy) is 1. The second kappa shape index (κ2) is 8.15. The molecule has 0 saturated heterocycles. The van der Waals surface area contributed by atoms with Gasteiger partial charge in [-0.1, -0.05) is 17.7 Å². The molecular weight excluding hydrogens is 314 g/mol. The number of nitrogens with one attached hydrogen (secondary N) is 1. The molecule has 1 N–H and O–H groups in total. The van der Waals surface area contributed by atoms with Crippen molar-refractivity contribution in [3.8, 4) is 0 Å². The van der Waals surface area contributed by atoms with Crippen LogP contribution in [0.4, 0.5) is 5.69 Å². The Morgan fingerprint density at radius 1 is 1.13 bits per heavy atom. The molecule has 2 aromatic carbocycles. The van der Waals surface area contributed by atoms with Crippen molar-refractivity contribution in [2.24, 2.45) is 0 Å². The molecule has 23 heavy (non-hydrogen) atoms. The Bertz CT molecular complexity index is 723. The van der Waals surface area contributed by atoms with Crippen molar-refractivity contribution >= 4 is 29.0 Å². The third-order valence-corrected chi connectivity index (χ3v) is 3.24. The molecule has 2 aromatic rings. The van der Waals surface area contributed by atoms with Crippen LogP contribution in [0.25, 0.3) is 0 Å². The lowest BCUT2D eigenvalue weighted by Crippen LogP contribution is -2.04. The minimum absolute atomic E-state index is 0.143. The van der Waals surface area contributed by atoms with Gasteiger partial charge in [-0.25, -0.2) is 4.79 Å². The Hall–Kier alpha value is -2.59. The van der Waals surface area contributed by atoms with Crippen LogP contribution in [0.3, 0.4) is 0 Å². The quantitative estimate of drug-likeness (QED) is 0.487. The largest absolute Gasteiger partial charge is 0.462 e. The van der Waals surface area contributed by atoms with Crippen LogP contribution in [0, 0.1) is 0 Å². The van der Waals surface area contributed by atoms with E-state index in [9.17, 15) is 9.59 Å².